The van der Waals surface area contributed by atoms with Gasteiger partial charge < -0.3 is 9.42 Å². The van der Waals surface area contributed by atoms with Crippen molar-refractivity contribution in [3.05, 3.63) is 102 Å². The molecule has 2 atom stereocenters. The maximum atomic E-state index is 12.8. The molecule has 7 nitrogen and oxygen atoms in total. The molecule has 0 aromatic heterocycles. The molecule has 1 unspecified atom stereocenters. The van der Waals surface area contributed by atoms with Crippen molar-refractivity contribution in [3.63, 3.8) is 0 Å². The number of hydrogen-bond donors (Lipinski definition) is 2. The third kappa shape index (κ3) is 6.54. The highest BCUT2D eigenvalue weighted by Gasteiger charge is 2.33. The molecular weight excluding hydrogens is 403 g/mol. The van der Waals surface area contributed by atoms with E-state index < -0.39 is 19.8 Å². The quantitative estimate of drug-likeness (QED) is 0.396. The van der Waals surface area contributed by atoms with Crippen molar-refractivity contribution in [3.8, 4) is 0 Å². The molecule has 0 aliphatic rings. The zero-order chi connectivity index (χ0) is 21.4. The minimum absolute atomic E-state index is 0.184. The molecule has 0 aliphatic heterocycles. The first-order valence-corrected chi connectivity index (χ1v) is 11.0. The molecule has 3 N–H and O–H groups in total. The second-order valence-corrected chi connectivity index (χ2v) is 7.91. The fourth-order valence-corrected chi connectivity index (χ4v) is 3.31. The number of nitrogens with two attached hydrogens (primary N) is 1. The largest absolute Gasteiger partial charge is 0.455 e. The average Bonchev–Trinajstić information content (AvgIpc) is 2.74. The Morgan fingerprint density at radius 3 is 1.93 bits per heavy atom. The van der Waals surface area contributed by atoms with E-state index in [4.69, 9.17) is 10.3 Å². The standard InChI is InChI=1S/C22H23N2O5P/c23-30(26,27)29-22(25)21(16-18-10-4-1-5-11-18)24(20-14-8-3-9-15-20)28-17-19-12-6-2-7-13-19/h1-15,21H,16-17H2,(H3,23,26,27)/t21-/m0/s1. The van der Waals surface area contributed by atoms with Gasteiger partial charge in [0.25, 0.3) is 0 Å². The van der Waals surface area contributed by atoms with Crippen molar-refractivity contribution in [2.45, 2.75) is 19.1 Å². The fraction of sp³-hybridized carbons (Fsp3) is 0.136. The van der Waals surface area contributed by atoms with Gasteiger partial charge in [0, 0.05) is 6.42 Å². The number of para-hydroxylation sites is 1. The lowest BCUT2D eigenvalue weighted by Gasteiger charge is -2.31. The lowest BCUT2D eigenvalue weighted by molar-refractivity contribution is -0.138. The van der Waals surface area contributed by atoms with Crippen LogP contribution in [0.5, 0.6) is 0 Å². The van der Waals surface area contributed by atoms with Crippen molar-refractivity contribution in [1.29, 1.82) is 0 Å². The highest BCUT2D eigenvalue weighted by molar-refractivity contribution is 7.50. The maximum Gasteiger partial charge on any atom is 0.455 e. The fourth-order valence-electron chi connectivity index (χ4n) is 2.93. The molecule has 3 aromatic carbocycles. The third-order valence-corrected chi connectivity index (χ3v) is 4.71. The first kappa shape index (κ1) is 21.7. The van der Waals surface area contributed by atoms with Gasteiger partial charge in [0.15, 0.2) is 6.04 Å². The van der Waals surface area contributed by atoms with E-state index in [0.29, 0.717) is 5.69 Å². The normalized spacial score (nSPS) is 13.8. The van der Waals surface area contributed by atoms with E-state index in [1.54, 1.807) is 24.3 Å². The molecule has 0 spiro atoms. The molecule has 30 heavy (non-hydrogen) atoms. The van der Waals surface area contributed by atoms with Crippen LogP contribution in [0.3, 0.4) is 0 Å². The molecule has 0 saturated heterocycles. The predicted octanol–water partition coefficient (Wildman–Crippen LogP) is 3.84. The summed E-state index contributed by atoms with van der Waals surface area (Å²) in [6.07, 6.45) is 0.184. The second-order valence-electron chi connectivity index (χ2n) is 6.60. The lowest BCUT2D eigenvalue weighted by atomic mass is 10.1. The zero-order valence-corrected chi connectivity index (χ0v) is 17.1. The number of rotatable bonds is 9. The molecule has 0 heterocycles. The summed E-state index contributed by atoms with van der Waals surface area (Å²) in [5.74, 6) is -0.955. The van der Waals surface area contributed by atoms with E-state index in [0.717, 1.165) is 11.1 Å². The van der Waals surface area contributed by atoms with Crippen LogP contribution >= 0.6 is 7.75 Å². The highest BCUT2D eigenvalue weighted by atomic mass is 31.2. The Kier molecular flexibility index (Phi) is 7.38. The molecule has 3 aromatic rings. The van der Waals surface area contributed by atoms with Gasteiger partial charge in [-0.05, 0) is 23.3 Å². The minimum atomic E-state index is -4.52. The summed E-state index contributed by atoms with van der Waals surface area (Å²) in [5, 5.41) is 1.40. The summed E-state index contributed by atoms with van der Waals surface area (Å²) in [4.78, 5) is 28.2. The monoisotopic (exact) mass is 426 g/mol. The predicted molar refractivity (Wildman–Crippen MR) is 114 cm³/mol. The van der Waals surface area contributed by atoms with E-state index in [1.165, 1.54) is 5.06 Å². The Bertz CT molecular complexity index is 980. The summed E-state index contributed by atoms with van der Waals surface area (Å²) in [6.45, 7) is 0.188. The van der Waals surface area contributed by atoms with Crippen molar-refractivity contribution < 1.29 is 23.6 Å². The second kappa shape index (κ2) is 10.2. The Hall–Kier alpha value is -2.96. The average molecular weight is 426 g/mol. The summed E-state index contributed by atoms with van der Waals surface area (Å²) in [7, 11) is -4.52. The first-order valence-electron chi connectivity index (χ1n) is 9.32. The Balaban J connectivity index is 1.93. The molecule has 0 fully saturated rings. The lowest BCUT2D eigenvalue weighted by Crippen LogP contribution is -2.44. The number of hydrogen-bond acceptors (Lipinski definition) is 5. The number of benzene rings is 3. The molecule has 8 heteroatoms. The van der Waals surface area contributed by atoms with Crippen LogP contribution in [0, 0.1) is 0 Å². The molecular formula is C22H23N2O5P. The number of hydroxylamine groups is 1. The van der Waals surface area contributed by atoms with Gasteiger partial charge in [-0.3, -0.25) is 4.84 Å². The third-order valence-electron chi connectivity index (χ3n) is 4.27. The van der Waals surface area contributed by atoms with E-state index in [9.17, 15) is 14.3 Å². The molecule has 0 bridgehead atoms. The van der Waals surface area contributed by atoms with Crippen molar-refractivity contribution in [2.75, 3.05) is 5.06 Å². The van der Waals surface area contributed by atoms with Gasteiger partial charge in [-0.25, -0.2) is 19.9 Å². The van der Waals surface area contributed by atoms with Gasteiger partial charge in [-0.15, -0.1) is 0 Å². The van der Waals surface area contributed by atoms with Crippen molar-refractivity contribution >= 4 is 19.4 Å². The number of nitrogens with zero attached hydrogens (tertiary/aromatic N) is 1. The van der Waals surface area contributed by atoms with E-state index in [2.05, 4.69) is 4.52 Å². The number of carbonyl (C=O) groups excluding carboxylic acids is 1. The van der Waals surface area contributed by atoms with Crippen LogP contribution < -0.4 is 10.6 Å². The molecule has 3 rings (SSSR count). The van der Waals surface area contributed by atoms with Crippen LogP contribution in [0.1, 0.15) is 11.1 Å². The van der Waals surface area contributed by atoms with Crippen molar-refractivity contribution in [2.24, 2.45) is 5.50 Å². The number of carbonyl (C=O) groups is 1. The first-order chi connectivity index (χ1) is 14.4. The van der Waals surface area contributed by atoms with Gasteiger partial charge in [-0.1, -0.05) is 78.9 Å². The van der Waals surface area contributed by atoms with Crippen LogP contribution in [0.2, 0.25) is 0 Å². The van der Waals surface area contributed by atoms with Crippen LogP contribution in [0.25, 0.3) is 0 Å². The molecule has 0 saturated carbocycles. The Morgan fingerprint density at radius 2 is 1.40 bits per heavy atom. The smallest absolute Gasteiger partial charge is 0.379 e. The molecule has 156 valence electrons. The van der Waals surface area contributed by atoms with E-state index in [-0.39, 0.29) is 13.0 Å². The maximum absolute atomic E-state index is 12.8. The van der Waals surface area contributed by atoms with Gasteiger partial charge in [0.05, 0.1) is 12.3 Å². The summed E-state index contributed by atoms with van der Waals surface area (Å²) >= 11 is 0. The van der Waals surface area contributed by atoms with Crippen LogP contribution in [-0.4, -0.2) is 16.9 Å². The van der Waals surface area contributed by atoms with Crippen LogP contribution in [0.15, 0.2) is 91.0 Å². The van der Waals surface area contributed by atoms with Gasteiger partial charge in [0.2, 0.25) is 0 Å². The topological polar surface area (TPSA) is 102 Å². The van der Waals surface area contributed by atoms with Gasteiger partial charge in [0.1, 0.15) is 0 Å². The molecule has 0 aliphatic carbocycles. The van der Waals surface area contributed by atoms with Crippen LogP contribution in [-0.2, 0) is 31.7 Å². The molecule has 0 radical (unpaired) electrons. The van der Waals surface area contributed by atoms with Crippen LogP contribution in [0.4, 0.5) is 5.69 Å². The SMILES string of the molecule is NP(=O)(O)OC(=O)[C@H](Cc1ccccc1)N(OCc1ccccc1)c1ccccc1. The Labute approximate surface area is 175 Å². The Morgan fingerprint density at radius 1 is 0.900 bits per heavy atom. The van der Waals surface area contributed by atoms with Gasteiger partial charge >= 0.3 is 13.7 Å². The summed E-state index contributed by atoms with van der Waals surface area (Å²) in [6, 6.07) is 26.7. The summed E-state index contributed by atoms with van der Waals surface area (Å²) < 4.78 is 16.2. The van der Waals surface area contributed by atoms with Crippen molar-refractivity contribution in [1.82, 2.24) is 0 Å². The van der Waals surface area contributed by atoms with E-state index >= 15 is 0 Å². The van der Waals surface area contributed by atoms with E-state index in [1.807, 2.05) is 66.7 Å². The number of anilines is 1. The highest BCUT2D eigenvalue weighted by Crippen LogP contribution is 2.33. The minimum Gasteiger partial charge on any atom is -0.379 e. The molecule has 0 amide bonds. The van der Waals surface area contributed by atoms with Gasteiger partial charge in [-0.2, -0.15) is 0 Å². The zero-order valence-electron chi connectivity index (χ0n) is 16.2. The summed E-state index contributed by atoms with van der Waals surface area (Å²) in [5.41, 5.74) is 7.40.